The molecule has 24 heavy (non-hydrogen) atoms. The lowest BCUT2D eigenvalue weighted by atomic mass is 10.2. The predicted molar refractivity (Wildman–Crippen MR) is 99.7 cm³/mol. The summed E-state index contributed by atoms with van der Waals surface area (Å²) in [5, 5.41) is 13.2. The monoisotopic (exact) mass is 345 g/mol. The number of nitrogens with zero attached hydrogens (tertiary/aromatic N) is 2. The Morgan fingerprint density at radius 2 is 1.75 bits per heavy atom. The Morgan fingerprint density at radius 1 is 1.08 bits per heavy atom. The van der Waals surface area contributed by atoms with E-state index in [4.69, 9.17) is 0 Å². The first-order chi connectivity index (χ1) is 11.7. The summed E-state index contributed by atoms with van der Waals surface area (Å²) in [4.78, 5) is 0. The zero-order chi connectivity index (χ0) is 16.9. The summed E-state index contributed by atoms with van der Waals surface area (Å²) in [5.41, 5.74) is 2.78. The number of para-hydroxylation sites is 3. The maximum absolute atomic E-state index is 13.1. The second-order valence-corrected chi connectivity index (χ2v) is 6.97. The van der Waals surface area contributed by atoms with Crippen molar-refractivity contribution in [1.82, 2.24) is 5.32 Å². The molecule has 0 aromatic heterocycles. The lowest BCUT2D eigenvalue weighted by molar-refractivity contribution is 0.165. The smallest absolute Gasteiger partial charge is 0.230 e. The van der Waals surface area contributed by atoms with Crippen molar-refractivity contribution in [2.45, 2.75) is 19.4 Å². The fourth-order valence-electron chi connectivity index (χ4n) is 2.78. The normalized spacial score (nSPS) is 17.8. The van der Waals surface area contributed by atoms with Crippen LogP contribution in [0.3, 0.4) is 0 Å². The van der Waals surface area contributed by atoms with Crippen LogP contribution in [0.1, 0.15) is 13.3 Å². The van der Waals surface area contributed by atoms with Gasteiger partial charge in [0.05, 0.1) is 23.2 Å². The standard InChI is InChI=1S/C18H23N3O2S/c1-2-19-14-16(22)12-13-20-17-10-6-7-11-18(17)21(24(20)23)15-8-4-3-5-9-15/h3-11,16,19,22H,2,12-14H2,1H3. The molecule has 2 N–H and O–H groups in total. The van der Waals surface area contributed by atoms with Crippen molar-refractivity contribution in [3.05, 3.63) is 54.6 Å². The van der Waals surface area contributed by atoms with E-state index in [0.29, 0.717) is 19.5 Å². The third-order valence-corrected chi connectivity index (χ3v) is 5.48. The topological polar surface area (TPSA) is 55.8 Å². The molecule has 6 heteroatoms. The molecule has 2 aromatic carbocycles. The highest BCUT2D eigenvalue weighted by Gasteiger charge is 2.34. The van der Waals surface area contributed by atoms with Gasteiger partial charge in [-0.3, -0.25) is 4.31 Å². The Morgan fingerprint density at radius 3 is 2.46 bits per heavy atom. The molecule has 0 saturated carbocycles. The van der Waals surface area contributed by atoms with Crippen LogP contribution in [0.5, 0.6) is 0 Å². The Hall–Kier alpha value is -1.89. The fourth-order valence-corrected chi connectivity index (χ4v) is 4.19. The number of nitrogens with one attached hydrogen (secondary N) is 1. The first-order valence-electron chi connectivity index (χ1n) is 8.25. The molecule has 0 amide bonds. The SMILES string of the molecule is CCNCC(O)CCN1c2ccccc2N(c2ccccc2)S1=O. The van der Waals surface area contributed by atoms with Gasteiger partial charge in [-0.25, -0.2) is 8.51 Å². The molecule has 2 unspecified atom stereocenters. The molecular weight excluding hydrogens is 322 g/mol. The second kappa shape index (κ2) is 7.79. The Bertz CT molecular complexity index is 696. The average Bonchev–Trinajstić information content (AvgIpc) is 2.90. The van der Waals surface area contributed by atoms with E-state index in [2.05, 4.69) is 5.32 Å². The molecule has 1 heterocycles. The van der Waals surface area contributed by atoms with Crippen molar-refractivity contribution in [2.75, 3.05) is 28.2 Å². The van der Waals surface area contributed by atoms with E-state index in [0.717, 1.165) is 23.6 Å². The average molecular weight is 345 g/mol. The van der Waals surface area contributed by atoms with E-state index in [1.807, 2.05) is 70.1 Å². The highest BCUT2D eigenvalue weighted by Crippen LogP contribution is 2.43. The van der Waals surface area contributed by atoms with E-state index in [-0.39, 0.29) is 0 Å². The van der Waals surface area contributed by atoms with E-state index in [1.165, 1.54) is 0 Å². The Balaban J connectivity index is 1.80. The number of likely N-dealkylation sites (N-methyl/N-ethyl adjacent to an activating group) is 1. The molecule has 2 atom stereocenters. The van der Waals surface area contributed by atoms with Crippen molar-refractivity contribution in [3.8, 4) is 0 Å². The van der Waals surface area contributed by atoms with Gasteiger partial charge < -0.3 is 10.4 Å². The number of aliphatic hydroxyl groups excluding tert-OH is 1. The minimum absolute atomic E-state index is 0.445. The van der Waals surface area contributed by atoms with Gasteiger partial charge in [-0.15, -0.1) is 0 Å². The number of fused-ring (bicyclic) bond motifs is 1. The quantitative estimate of drug-likeness (QED) is 0.811. The molecule has 128 valence electrons. The molecule has 0 saturated heterocycles. The van der Waals surface area contributed by atoms with Crippen molar-refractivity contribution >= 4 is 28.2 Å². The lowest BCUT2D eigenvalue weighted by Crippen LogP contribution is -2.34. The van der Waals surface area contributed by atoms with E-state index < -0.39 is 17.3 Å². The van der Waals surface area contributed by atoms with Crippen LogP contribution in [0.2, 0.25) is 0 Å². The van der Waals surface area contributed by atoms with Crippen LogP contribution in [0.15, 0.2) is 54.6 Å². The highest BCUT2D eigenvalue weighted by molar-refractivity contribution is 7.88. The zero-order valence-electron chi connectivity index (χ0n) is 13.8. The summed E-state index contributed by atoms with van der Waals surface area (Å²) >= 11 is -1.33. The van der Waals surface area contributed by atoms with Gasteiger partial charge >= 0.3 is 0 Å². The summed E-state index contributed by atoms with van der Waals surface area (Å²) in [6, 6.07) is 17.6. The van der Waals surface area contributed by atoms with E-state index in [9.17, 15) is 9.32 Å². The predicted octanol–water partition coefficient (Wildman–Crippen LogP) is 2.58. The van der Waals surface area contributed by atoms with Gasteiger partial charge in [0, 0.05) is 13.1 Å². The molecule has 0 aliphatic carbocycles. The van der Waals surface area contributed by atoms with Crippen LogP contribution >= 0.6 is 0 Å². The molecule has 2 aromatic rings. The summed E-state index contributed by atoms with van der Waals surface area (Å²) in [6.45, 7) is 3.94. The second-order valence-electron chi connectivity index (χ2n) is 5.70. The van der Waals surface area contributed by atoms with Crippen molar-refractivity contribution in [1.29, 1.82) is 0 Å². The van der Waals surface area contributed by atoms with Crippen molar-refractivity contribution < 1.29 is 9.32 Å². The molecule has 3 rings (SSSR count). The highest BCUT2D eigenvalue weighted by atomic mass is 32.2. The summed E-state index contributed by atoms with van der Waals surface area (Å²) < 4.78 is 16.8. The Labute approximate surface area is 145 Å². The number of hydrogen-bond donors (Lipinski definition) is 2. The third kappa shape index (κ3) is 3.45. The molecule has 0 spiro atoms. The molecule has 5 nitrogen and oxygen atoms in total. The molecule has 0 bridgehead atoms. The largest absolute Gasteiger partial charge is 0.392 e. The summed E-state index contributed by atoms with van der Waals surface area (Å²) in [7, 11) is 0. The Kier molecular flexibility index (Phi) is 5.50. The lowest BCUT2D eigenvalue weighted by Gasteiger charge is -2.21. The van der Waals surface area contributed by atoms with Crippen LogP contribution in [-0.2, 0) is 11.2 Å². The summed E-state index contributed by atoms with van der Waals surface area (Å²) in [6.07, 6.45) is 0.121. The molecule has 0 radical (unpaired) electrons. The first kappa shape index (κ1) is 17.0. The molecular formula is C18H23N3O2S. The maximum Gasteiger partial charge on any atom is 0.230 e. The van der Waals surface area contributed by atoms with Gasteiger partial charge in [-0.1, -0.05) is 37.3 Å². The molecule has 1 aliphatic rings. The number of hydrogen-bond acceptors (Lipinski definition) is 3. The number of aliphatic hydroxyl groups is 1. The van der Waals surface area contributed by atoms with Crippen molar-refractivity contribution in [2.24, 2.45) is 0 Å². The zero-order valence-corrected chi connectivity index (χ0v) is 14.6. The van der Waals surface area contributed by atoms with Crippen LogP contribution in [0.4, 0.5) is 17.1 Å². The minimum atomic E-state index is -1.33. The minimum Gasteiger partial charge on any atom is -0.392 e. The number of anilines is 3. The van der Waals surface area contributed by atoms with Crippen LogP contribution < -0.4 is 13.9 Å². The molecule has 1 aliphatic heterocycles. The van der Waals surface area contributed by atoms with E-state index in [1.54, 1.807) is 0 Å². The van der Waals surface area contributed by atoms with Gasteiger partial charge in [-0.05, 0) is 37.2 Å². The third-order valence-electron chi connectivity index (χ3n) is 4.00. The van der Waals surface area contributed by atoms with Gasteiger partial charge in [0.25, 0.3) is 0 Å². The maximum atomic E-state index is 13.1. The van der Waals surface area contributed by atoms with E-state index >= 15 is 0 Å². The van der Waals surface area contributed by atoms with Gasteiger partial charge in [-0.2, -0.15) is 0 Å². The van der Waals surface area contributed by atoms with Crippen LogP contribution in [-0.4, -0.2) is 35.1 Å². The fraction of sp³-hybridized carbons (Fsp3) is 0.333. The van der Waals surface area contributed by atoms with Gasteiger partial charge in [0.2, 0.25) is 11.2 Å². The van der Waals surface area contributed by atoms with Crippen molar-refractivity contribution in [3.63, 3.8) is 0 Å². The van der Waals surface area contributed by atoms with Gasteiger partial charge in [0.15, 0.2) is 0 Å². The van der Waals surface area contributed by atoms with Crippen LogP contribution in [0.25, 0.3) is 0 Å². The van der Waals surface area contributed by atoms with Gasteiger partial charge in [0.1, 0.15) is 0 Å². The van der Waals surface area contributed by atoms with Crippen LogP contribution in [0, 0.1) is 0 Å². The first-order valence-corrected chi connectivity index (χ1v) is 9.31. The summed E-state index contributed by atoms with van der Waals surface area (Å²) in [5.74, 6) is 0. The molecule has 0 fully saturated rings. The number of benzene rings is 2. The number of rotatable bonds is 7.